The Bertz CT molecular complexity index is 185. The van der Waals surface area contributed by atoms with Gasteiger partial charge in [0.1, 0.15) is 0 Å². The third kappa shape index (κ3) is 10.6. The summed E-state index contributed by atoms with van der Waals surface area (Å²) in [5.74, 6) is 0.114. The second kappa shape index (κ2) is 7.40. The third-order valence-electron chi connectivity index (χ3n) is 2.13. The van der Waals surface area contributed by atoms with Gasteiger partial charge in [-0.3, -0.25) is 0 Å². The summed E-state index contributed by atoms with van der Waals surface area (Å²) in [5, 5.41) is 3.16. The van der Waals surface area contributed by atoms with Gasteiger partial charge in [0.15, 0.2) is 0 Å². The van der Waals surface area contributed by atoms with Crippen LogP contribution >= 0.6 is 11.8 Å². The molecule has 0 amide bonds. The Morgan fingerprint density at radius 2 is 1.88 bits per heavy atom. The average Bonchev–Trinajstić information content (AvgIpc) is 2.10. The molecule has 0 aromatic rings. The zero-order chi connectivity index (χ0) is 12.7. The van der Waals surface area contributed by atoms with Crippen molar-refractivity contribution in [2.24, 2.45) is 5.41 Å². The van der Waals surface area contributed by atoms with Gasteiger partial charge in [0.25, 0.3) is 0 Å². The van der Waals surface area contributed by atoms with E-state index in [4.69, 9.17) is 4.74 Å². The molecule has 0 bridgehead atoms. The number of hydrogen-bond donors (Lipinski definition) is 1. The summed E-state index contributed by atoms with van der Waals surface area (Å²) in [4.78, 5) is 0. The van der Waals surface area contributed by atoms with Crippen LogP contribution in [0.5, 0.6) is 0 Å². The number of hydrogen-bond acceptors (Lipinski definition) is 3. The van der Waals surface area contributed by atoms with Crippen molar-refractivity contribution in [1.82, 2.24) is 5.32 Å². The van der Waals surface area contributed by atoms with Crippen LogP contribution in [0.15, 0.2) is 0 Å². The van der Waals surface area contributed by atoms with E-state index in [-0.39, 0.29) is 22.9 Å². The van der Waals surface area contributed by atoms with Crippen molar-refractivity contribution >= 4 is 11.8 Å². The molecule has 0 aliphatic carbocycles. The van der Waals surface area contributed by atoms with Crippen LogP contribution in [0.4, 0.5) is 13.2 Å². The molecule has 0 radical (unpaired) electrons. The van der Waals surface area contributed by atoms with Crippen LogP contribution in [-0.2, 0) is 4.74 Å². The molecule has 16 heavy (non-hydrogen) atoms. The minimum Gasteiger partial charge on any atom is -0.383 e. The zero-order valence-corrected chi connectivity index (χ0v) is 10.8. The van der Waals surface area contributed by atoms with Crippen molar-refractivity contribution in [3.05, 3.63) is 0 Å². The molecule has 0 spiro atoms. The van der Waals surface area contributed by atoms with E-state index in [1.54, 1.807) is 7.11 Å². The highest BCUT2D eigenvalue weighted by Gasteiger charge is 2.29. The van der Waals surface area contributed by atoms with Crippen LogP contribution in [0.2, 0.25) is 0 Å². The minimum atomic E-state index is -4.11. The van der Waals surface area contributed by atoms with Crippen LogP contribution in [-0.4, -0.2) is 38.1 Å². The van der Waals surface area contributed by atoms with Gasteiger partial charge in [0.2, 0.25) is 0 Å². The van der Waals surface area contributed by atoms with Gasteiger partial charge in [0.05, 0.1) is 6.61 Å². The van der Waals surface area contributed by atoms with E-state index in [1.165, 1.54) is 0 Å². The summed E-state index contributed by atoms with van der Waals surface area (Å²) in [6.07, 6.45) is 0.539. The van der Waals surface area contributed by atoms with Gasteiger partial charge < -0.3 is 10.1 Å². The molecule has 0 aromatic carbocycles. The highest BCUT2D eigenvalue weighted by Crippen LogP contribution is 2.33. The molecule has 1 N–H and O–H groups in total. The molecule has 0 aromatic heterocycles. The standard InChI is InChI=1S/C10H20F3NOS/c1-9(2,8-14-5-6-15-3)4-7-16-10(11,12)13/h14H,4-8H2,1-3H3. The normalized spacial score (nSPS) is 13.1. The largest absolute Gasteiger partial charge is 0.441 e. The van der Waals surface area contributed by atoms with E-state index < -0.39 is 5.51 Å². The quantitative estimate of drug-likeness (QED) is 0.677. The monoisotopic (exact) mass is 259 g/mol. The van der Waals surface area contributed by atoms with Gasteiger partial charge in [-0.15, -0.1) is 0 Å². The zero-order valence-electron chi connectivity index (χ0n) is 9.99. The molecule has 0 saturated heterocycles. The lowest BCUT2D eigenvalue weighted by Crippen LogP contribution is -2.32. The summed E-state index contributed by atoms with van der Waals surface area (Å²) in [6, 6.07) is 0. The lowest BCUT2D eigenvalue weighted by atomic mass is 9.90. The summed E-state index contributed by atoms with van der Waals surface area (Å²) in [6.45, 7) is 5.97. The molecule has 0 unspecified atom stereocenters. The van der Waals surface area contributed by atoms with Crippen molar-refractivity contribution in [3.8, 4) is 0 Å². The van der Waals surface area contributed by atoms with Crippen LogP contribution in [0, 0.1) is 5.41 Å². The second-order valence-corrected chi connectivity index (χ2v) is 5.54. The van der Waals surface area contributed by atoms with E-state index in [1.807, 2.05) is 13.8 Å². The lowest BCUT2D eigenvalue weighted by molar-refractivity contribution is -0.0328. The average molecular weight is 259 g/mol. The lowest BCUT2D eigenvalue weighted by Gasteiger charge is -2.25. The fourth-order valence-corrected chi connectivity index (χ4v) is 2.02. The first-order valence-electron chi connectivity index (χ1n) is 5.17. The first-order valence-corrected chi connectivity index (χ1v) is 6.16. The molecule has 2 nitrogen and oxygen atoms in total. The molecule has 0 atom stereocenters. The van der Waals surface area contributed by atoms with Crippen molar-refractivity contribution in [2.75, 3.05) is 32.6 Å². The van der Waals surface area contributed by atoms with Crippen LogP contribution in [0.25, 0.3) is 0 Å². The van der Waals surface area contributed by atoms with Crippen molar-refractivity contribution in [2.45, 2.75) is 25.8 Å². The van der Waals surface area contributed by atoms with E-state index in [2.05, 4.69) is 5.32 Å². The summed E-state index contributed by atoms with van der Waals surface area (Å²) in [5.41, 5.74) is -4.23. The van der Waals surface area contributed by atoms with Gasteiger partial charge in [-0.1, -0.05) is 25.6 Å². The molecular formula is C10H20F3NOS. The number of alkyl halides is 3. The topological polar surface area (TPSA) is 21.3 Å². The Morgan fingerprint density at radius 1 is 1.25 bits per heavy atom. The molecule has 0 saturated carbocycles. The van der Waals surface area contributed by atoms with E-state index in [9.17, 15) is 13.2 Å². The SMILES string of the molecule is COCCNCC(C)(C)CCSC(F)(F)F. The molecule has 0 rings (SSSR count). The maximum atomic E-state index is 11.9. The Labute approximate surface area is 99.3 Å². The van der Waals surface area contributed by atoms with E-state index >= 15 is 0 Å². The van der Waals surface area contributed by atoms with Crippen molar-refractivity contribution in [3.63, 3.8) is 0 Å². The van der Waals surface area contributed by atoms with Gasteiger partial charge in [-0.25, -0.2) is 0 Å². The van der Waals surface area contributed by atoms with Gasteiger partial charge in [-0.2, -0.15) is 13.2 Å². The molecular weight excluding hydrogens is 239 g/mol. The van der Waals surface area contributed by atoms with Gasteiger partial charge >= 0.3 is 5.51 Å². The highest BCUT2D eigenvalue weighted by molar-refractivity contribution is 8.00. The van der Waals surface area contributed by atoms with Crippen molar-refractivity contribution in [1.29, 1.82) is 0 Å². The summed E-state index contributed by atoms with van der Waals surface area (Å²) >= 11 is 0.0517. The van der Waals surface area contributed by atoms with Crippen molar-refractivity contribution < 1.29 is 17.9 Å². The predicted molar refractivity (Wildman–Crippen MR) is 61.7 cm³/mol. The number of methoxy groups -OCH3 is 1. The van der Waals surface area contributed by atoms with Crippen LogP contribution in [0.1, 0.15) is 20.3 Å². The minimum absolute atomic E-state index is 0.0517. The maximum Gasteiger partial charge on any atom is 0.441 e. The fourth-order valence-electron chi connectivity index (χ4n) is 1.13. The molecule has 98 valence electrons. The Balaban J connectivity index is 3.62. The highest BCUT2D eigenvalue weighted by atomic mass is 32.2. The molecule has 0 heterocycles. The van der Waals surface area contributed by atoms with E-state index in [0.29, 0.717) is 19.6 Å². The number of halogens is 3. The maximum absolute atomic E-state index is 11.9. The van der Waals surface area contributed by atoms with Crippen LogP contribution in [0.3, 0.4) is 0 Å². The fraction of sp³-hybridized carbons (Fsp3) is 1.00. The Kier molecular flexibility index (Phi) is 7.43. The van der Waals surface area contributed by atoms with Gasteiger partial charge in [0, 0.05) is 26.0 Å². The number of nitrogens with one attached hydrogen (secondary N) is 1. The van der Waals surface area contributed by atoms with Gasteiger partial charge in [-0.05, 0) is 11.8 Å². The summed E-state index contributed by atoms with van der Waals surface area (Å²) in [7, 11) is 1.62. The smallest absolute Gasteiger partial charge is 0.383 e. The van der Waals surface area contributed by atoms with Crippen LogP contribution < -0.4 is 5.32 Å². The first kappa shape index (κ1) is 16.1. The molecule has 0 fully saturated rings. The number of rotatable bonds is 8. The molecule has 0 aliphatic heterocycles. The summed E-state index contributed by atoms with van der Waals surface area (Å²) < 4.78 is 40.6. The Hall–Kier alpha value is 0.0600. The number of ether oxygens (including phenoxy) is 1. The molecule has 6 heteroatoms. The third-order valence-corrected chi connectivity index (χ3v) is 2.87. The number of thioether (sulfide) groups is 1. The first-order chi connectivity index (χ1) is 7.27. The Morgan fingerprint density at radius 3 is 2.38 bits per heavy atom. The van der Waals surface area contributed by atoms with E-state index in [0.717, 1.165) is 6.54 Å². The predicted octanol–water partition coefficient (Wildman–Crippen LogP) is 2.89. The molecule has 0 aliphatic rings. The second-order valence-electron chi connectivity index (χ2n) is 4.38.